The molecule has 1 saturated carbocycles. The molecule has 1 aliphatic rings. The smallest absolute Gasteiger partial charge is 0.412 e. The molecule has 1 aliphatic carbocycles. The summed E-state index contributed by atoms with van der Waals surface area (Å²) in [6.07, 6.45) is 2.74. The first-order valence-electron chi connectivity index (χ1n) is 18.1. The van der Waals surface area contributed by atoms with Crippen molar-refractivity contribution >= 4 is 34.3 Å². The number of aryl methyl sites for hydroxylation is 1. The fraction of sp³-hybridized carbons (Fsp3) is 0.310. The van der Waals surface area contributed by atoms with Crippen LogP contribution >= 0.6 is 0 Å². The number of fused-ring (bicyclic) bond motifs is 1. The summed E-state index contributed by atoms with van der Waals surface area (Å²) in [6, 6.07) is 29.5. The van der Waals surface area contributed by atoms with E-state index in [2.05, 4.69) is 10.3 Å². The average molecular weight is 718 g/mol. The number of aliphatic hydroxyl groups is 1. The Morgan fingerprint density at radius 3 is 2.36 bits per heavy atom. The van der Waals surface area contributed by atoms with E-state index >= 15 is 0 Å². The van der Waals surface area contributed by atoms with Gasteiger partial charge in [0.05, 0.1) is 17.3 Å². The minimum atomic E-state index is -0.974. The van der Waals surface area contributed by atoms with Gasteiger partial charge in [0.1, 0.15) is 5.75 Å². The molecule has 0 spiro atoms. The van der Waals surface area contributed by atoms with Crippen molar-refractivity contribution in [3.8, 4) is 16.9 Å². The van der Waals surface area contributed by atoms with Gasteiger partial charge < -0.3 is 36.3 Å². The highest BCUT2D eigenvalue weighted by Gasteiger charge is 2.31. The number of aromatic nitrogens is 1. The van der Waals surface area contributed by atoms with Gasteiger partial charge in [-0.3, -0.25) is 14.5 Å². The molecule has 2 amide bonds. The van der Waals surface area contributed by atoms with Crippen molar-refractivity contribution in [2.75, 3.05) is 23.4 Å². The summed E-state index contributed by atoms with van der Waals surface area (Å²) >= 11 is 0. The van der Waals surface area contributed by atoms with Gasteiger partial charge >= 0.3 is 6.09 Å². The van der Waals surface area contributed by atoms with Gasteiger partial charge in [-0.15, -0.1) is 0 Å². The van der Waals surface area contributed by atoms with Crippen molar-refractivity contribution in [2.24, 2.45) is 5.73 Å². The van der Waals surface area contributed by atoms with Crippen molar-refractivity contribution < 1.29 is 24.9 Å². The number of amides is 2. The van der Waals surface area contributed by atoms with Gasteiger partial charge in [-0.1, -0.05) is 60.7 Å². The maximum Gasteiger partial charge on any atom is 0.412 e. The van der Waals surface area contributed by atoms with Crippen LogP contribution in [0, 0.1) is 0 Å². The van der Waals surface area contributed by atoms with E-state index in [-0.39, 0.29) is 41.4 Å². The first-order chi connectivity index (χ1) is 25.6. The summed E-state index contributed by atoms with van der Waals surface area (Å²) in [5.74, 6) is -0.0773. The highest BCUT2D eigenvalue weighted by Crippen LogP contribution is 2.36. The third kappa shape index (κ3) is 8.94. The van der Waals surface area contributed by atoms with E-state index in [0.29, 0.717) is 42.4 Å². The van der Waals surface area contributed by atoms with Crippen molar-refractivity contribution in [3.05, 3.63) is 124 Å². The number of phenolic OH excluding ortho intramolecular Hbond substituents is 1. The molecule has 0 unspecified atom stereocenters. The Labute approximate surface area is 308 Å². The van der Waals surface area contributed by atoms with Crippen molar-refractivity contribution in [1.82, 2.24) is 10.3 Å². The Morgan fingerprint density at radius 1 is 0.925 bits per heavy atom. The minimum absolute atomic E-state index is 0.0201. The normalized spacial score (nSPS) is 16.3. The number of hydrogen-bond donors (Lipinski definition) is 6. The number of anilines is 2. The zero-order valence-corrected chi connectivity index (χ0v) is 29.9. The van der Waals surface area contributed by atoms with E-state index in [1.54, 1.807) is 24.1 Å². The first-order valence-corrected chi connectivity index (χ1v) is 18.1. The molecular formula is C42H47N5O6. The molecule has 7 N–H and O–H groups in total. The van der Waals surface area contributed by atoms with E-state index in [1.165, 1.54) is 17.0 Å². The number of carboxylic acid groups (broad SMARTS) is 1. The van der Waals surface area contributed by atoms with Crippen LogP contribution in [-0.4, -0.2) is 58.0 Å². The highest BCUT2D eigenvalue weighted by atomic mass is 16.4. The standard InChI is InChI=1S/C42H47N5O6/c1-46(31-15-10-28(11-16-31)25-44-26-38(49)34-20-22-37(48)41-35(34)21-23-39(50)45-41)40(51)9-5-6-27-12-19-33(29-7-3-2-4-8-29)36(24-27)47(42(52)53)32-17-13-30(43)14-18-32/h2-4,7-8,10-12,15-16,19-24,30,32,38,44,48-49H,5-6,9,13-14,17-18,25-26,43H2,1H3,(H,45,50)(H,52,53)/t30?,32?,38-/m1/s1. The number of nitrogens with zero attached hydrogens (tertiary/aromatic N) is 2. The lowest BCUT2D eigenvalue weighted by molar-refractivity contribution is -0.118. The van der Waals surface area contributed by atoms with Crippen molar-refractivity contribution in [1.29, 1.82) is 0 Å². The Morgan fingerprint density at radius 2 is 1.64 bits per heavy atom. The first kappa shape index (κ1) is 37.3. The largest absolute Gasteiger partial charge is 0.506 e. The lowest BCUT2D eigenvalue weighted by Gasteiger charge is -2.35. The zero-order chi connectivity index (χ0) is 37.5. The zero-order valence-electron chi connectivity index (χ0n) is 29.9. The van der Waals surface area contributed by atoms with Gasteiger partial charge in [-0.25, -0.2) is 4.79 Å². The molecule has 1 heterocycles. The van der Waals surface area contributed by atoms with Crippen molar-refractivity contribution in [3.63, 3.8) is 0 Å². The molecule has 1 fully saturated rings. The fourth-order valence-electron chi connectivity index (χ4n) is 7.22. The summed E-state index contributed by atoms with van der Waals surface area (Å²) in [7, 11) is 1.76. The van der Waals surface area contributed by atoms with E-state index in [9.17, 15) is 29.7 Å². The van der Waals surface area contributed by atoms with Gasteiger partial charge in [0.25, 0.3) is 0 Å². The number of benzene rings is 4. The summed E-state index contributed by atoms with van der Waals surface area (Å²) in [6.45, 7) is 0.736. The SMILES string of the molecule is CN(C(=O)CCCc1ccc(-c2ccccc2)c(N(C(=O)O)C2CCC(N)CC2)c1)c1ccc(CNC[C@@H](O)c2ccc(O)c3[nH]c(=O)ccc23)cc1. The Kier molecular flexibility index (Phi) is 11.9. The summed E-state index contributed by atoms with van der Waals surface area (Å²) < 4.78 is 0. The van der Waals surface area contributed by atoms with E-state index < -0.39 is 12.2 Å². The molecule has 5 aromatic rings. The third-order valence-electron chi connectivity index (χ3n) is 10.2. The number of rotatable bonds is 13. The molecule has 11 heteroatoms. The average Bonchev–Trinajstić information content (AvgIpc) is 3.16. The molecule has 0 saturated heterocycles. The number of carbonyl (C=O) groups excluding carboxylic acids is 1. The van der Waals surface area contributed by atoms with E-state index in [0.717, 1.165) is 53.6 Å². The van der Waals surface area contributed by atoms with Gasteiger partial charge in [0, 0.05) is 61.3 Å². The van der Waals surface area contributed by atoms with Gasteiger partial charge in [-0.05, 0) is 91.1 Å². The second-order valence-electron chi connectivity index (χ2n) is 13.8. The van der Waals surface area contributed by atoms with E-state index in [1.807, 2.05) is 72.8 Å². The van der Waals surface area contributed by atoms with Crippen LogP contribution in [0.3, 0.4) is 0 Å². The van der Waals surface area contributed by atoms with Crippen LogP contribution < -0.4 is 26.4 Å². The number of aliphatic hydroxyl groups excluding tert-OH is 1. The monoisotopic (exact) mass is 717 g/mol. The topological polar surface area (TPSA) is 172 Å². The molecule has 0 radical (unpaired) electrons. The number of aromatic amines is 1. The van der Waals surface area contributed by atoms with Gasteiger partial charge in [0.2, 0.25) is 11.5 Å². The quantitative estimate of drug-likeness (QED) is 0.0805. The van der Waals surface area contributed by atoms with E-state index in [4.69, 9.17) is 5.73 Å². The van der Waals surface area contributed by atoms with Crippen LogP contribution in [0.15, 0.2) is 102 Å². The maximum atomic E-state index is 13.2. The third-order valence-corrected chi connectivity index (χ3v) is 10.2. The summed E-state index contributed by atoms with van der Waals surface area (Å²) in [5, 5.41) is 35.2. The second-order valence-corrected chi connectivity index (χ2v) is 13.8. The lowest BCUT2D eigenvalue weighted by Crippen LogP contribution is -2.44. The Hall–Kier alpha value is -5.49. The number of nitrogens with two attached hydrogens (primary N) is 1. The maximum absolute atomic E-state index is 13.2. The number of nitrogens with one attached hydrogen (secondary N) is 2. The van der Waals surface area contributed by atoms with Crippen LogP contribution in [-0.2, 0) is 17.8 Å². The molecule has 1 aromatic heterocycles. The summed E-state index contributed by atoms with van der Waals surface area (Å²) in [4.78, 5) is 43.4. The number of aromatic hydroxyl groups is 1. The molecule has 1 atom stereocenters. The highest BCUT2D eigenvalue weighted by molar-refractivity contribution is 5.94. The van der Waals surface area contributed by atoms with Crippen LogP contribution in [0.5, 0.6) is 5.75 Å². The Balaban J connectivity index is 1.04. The molecule has 0 aliphatic heterocycles. The minimum Gasteiger partial charge on any atom is -0.506 e. The van der Waals surface area contributed by atoms with Crippen LogP contribution in [0.2, 0.25) is 0 Å². The summed E-state index contributed by atoms with van der Waals surface area (Å²) in [5.41, 5.74) is 11.9. The fourth-order valence-corrected chi connectivity index (χ4v) is 7.22. The Bertz CT molecular complexity index is 2090. The molecule has 4 aromatic carbocycles. The lowest BCUT2D eigenvalue weighted by atomic mass is 9.89. The van der Waals surface area contributed by atoms with Crippen molar-refractivity contribution in [2.45, 2.75) is 69.7 Å². The van der Waals surface area contributed by atoms with Crippen LogP contribution in [0.1, 0.15) is 61.3 Å². The number of H-pyrrole nitrogens is 1. The molecular weight excluding hydrogens is 670 g/mol. The number of pyridine rings is 1. The van der Waals surface area contributed by atoms with Crippen LogP contribution in [0.25, 0.3) is 22.0 Å². The molecule has 0 bridgehead atoms. The predicted molar refractivity (Wildman–Crippen MR) is 208 cm³/mol. The predicted octanol–water partition coefficient (Wildman–Crippen LogP) is 6.46. The van der Waals surface area contributed by atoms with Gasteiger partial charge in [-0.2, -0.15) is 0 Å². The van der Waals surface area contributed by atoms with Crippen LogP contribution in [0.4, 0.5) is 16.2 Å². The number of carbonyl (C=O) groups is 2. The number of phenols is 1. The molecule has 6 rings (SSSR count). The number of hydrogen-bond acceptors (Lipinski definition) is 7. The van der Waals surface area contributed by atoms with Gasteiger partial charge in [0.15, 0.2) is 0 Å². The molecule has 53 heavy (non-hydrogen) atoms. The molecule has 11 nitrogen and oxygen atoms in total. The second kappa shape index (κ2) is 16.9. The molecule has 276 valence electrons.